The lowest BCUT2D eigenvalue weighted by Gasteiger charge is -2.21. The van der Waals surface area contributed by atoms with Gasteiger partial charge in [-0.25, -0.2) is 0 Å². The largest absolute Gasteiger partial charge is 0.416 e. The van der Waals surface area contributed by atoms with Crippen LogP contribution < -0.4 is 10.6 Å². The van der Waals surface area contributed by atoms with Gasteiger partial charge in [-0.2, -0.15) is 13.2 Å². The number of ether oxygens (including phenoxy) is 1. The molecule has 0 aromatic heterocycles. The van der Waals surface area contributed by atoms with Crippen molar-refractivity contribution in [3.8, 4) is 0 Å². The van der Waals surface area contributed by atoms with Crippen molar-refractivity contribution in [1.29, 1.82) is 0 Å². The van der Waals surface area contributed by atoms with Crippen LogP contribution >= 0.6 is 0 Å². The second-order valence-corrected chi connectivity index (χ2v) is 5.23. The van der Waals surface area contributed by atoms with Crippen molar-refractivity contribution in [1.82, 2.24) is 5.32 Å². The average molecular weight is 330 g/mol. The van der Waals surface area contributed by atoms with Crippen LogP contribution in [-0.4, -0.2) is 31.6 Å². The van der Waals surface area contributed by atoms with Crippen molar-refractivity contribution in [3.63, 3.8) is 0 Å². The molecule has 1 saturated heterocycles. The van der Waals surface area contributed by atoms with Gasteiger partial charge in [-0.3, -0.25) is 9.59 Å². The zero-order valence-electron chi connectivity index (χ0n) is 12.3. The first kappa shape index (κ1) is 17.3. The highest BCUT2D eigenvalue weighted by molar-refractivity contribution is 5.94. The van der Waals surface area contributed by atoms with Gasteiger partial charge in [-0.15, -0.1) is 0 Å². The molecular formula is C15H17F3N2O3. The van der Waals surface area contributed by atoms with E-state index in [1.54, 1.807) is 0 Å². The van der Waals surface area contributed by atoms with E-state index in [0.29, 0.717) is 26.1 Å². The third-order valence-corrected chi connectivity index (χ3v) is 3.49. The number of amides is 2. The number of hydrogen-bond acceptors (Lipinski definition) is 3. The first-order valence-corrected chi connectivity index (χ1v) is 7.19. The zero-order valence-corrected chi connectivity index (χ0v) is 12.3. The minimum atomic E-state index is -4.47. The van der Waals surface area contributed by atoms with Crippen LogP contribution in [0.5, 0.6) is 0 Å². The van der Waals surface area contributed by atoms with Crippen LogP contribution in [-0.2, 0) is 20.5 Å². The van der Waals surface area contributed by atoms with E-state index in [4.69, 9.17) is 4.74 Å². The molecule has 2 N–H and O–H groups in total. The van der Waals surface area contributed by atoms with Gasteiger partial charge in [0.25, 0.3) is 0 Å². The summed E-state index contributed by atoms with van der Waals surface area (Å²) in [5, 5.41) is 4.82. The van der Waals surface area contributed by atoms with Gasteiger partial charge >= 0.3 is 6.18 Å². The molecule has 2 amide bonds. The Bertz CT molecular complexity index is 569. The van der Waals surface area contributed by atoms with Crippen LogP contribution in [0.1, 0.15) is 18.4 Å². The highest BCUT2D eigenvalue weighted by Gasteiger charge is 2.30. The number of hydrogen-bond donors (Lipinski definition) is 2. The summed E-state index contributed by atoms with van der Waals surface area (Å²) >= 11 is 0. The molecule has 126 valence electrons. The van der Waals surface area contributed by atoms with E-state index in [2.05, 4.69) is 10.6 Å². The third-order valence-electron chi connectivity index (χ3n) is 3.49. The lowest BCUT2D eigenvalue weighted by atomic mass is 9.99. The summed E-state index contributed by atoms with van der Waals surface area (Å²) < 4.78 is 42.9. The minimum absolute atomic E-state index is 0.0325. The number of alkyl halides is 3. The number of carbonyl (C=O) groups is 2. The van der Waals surface area contributed by atoms with Gasteiger partial charge in [0.15, 0.2) is 0 Å². The van der Waals surface area contributed by atoms with Gasteiger partial charge in [-0.1, -0.05) is 6.07 Å². The fourth-order valence-corrected chi connectivity index (χ4v) is 2.25. The predicted molar refractivity (Wildman–Crippen MR) is 76.6 cm³/mol. The topological polar surface area (TPSA) is 67.4 Å². The summed E-state index contributed by atoms with van der Waals surface area (Å²) in [6, 6.07) is 4.33. The van der Waals surface area contributed by atoms with E-state index in [1.165, 1.54) is 12.1 Å². The Balaban J connectivity index is 1.84. The van der Waals surface area contributed by atoms with Gasteiger partial charge in [0.1, 0.15) is 0 Å². The molecule has 1 aromatic carbocycles. The molecule has 0 saturated carbocycles. The molecular weight excluding hydrogens is 313 g/mol. The molecule has 0 radical (unpaired) electrons. The molecule has 0 aliphatic carbocycles. The second-order valence-electron chi connectivity index (χ2n) is 5.23. The van der Waals surface area contributed by atoms with Crippen LogP contribution in [0.4, 0.5) is 18.9 Å². The molecule has 8 heteroatoms. The van der Waals surface area contributed by atoms with Crippen molar-refractivity contribution in [2.75, 3.05) is 25.1 Å². The van der Waals surface area contributed by atoms with Crippen molar-refractivity contribution in [2.24, 2.45) is 5.92 Å². The Kier molecular flexibility index (Phi) is 5.59. The molecule has 1 aliphatic rings. The maximum absolute atomic E-state index is 12.6. The summed E-state index contributed by atoms with van der Waals surface area (Å²) in [5.74, 6) is -1.01. The van der Waals surface area contributed by atoms with Gasteiger partial charge in [0.2, 0.25) is 11.8 Å². The SMILES string of the molecule is O=C(CNC(=O)C1CCOCC1)Nc1cccc(C(F)(F)F)c1. The normalized spacial score (nSPS) is 16.0. The molecule has 1 fully saturated rings. The first-order chi connectivity index (χ1) is 10.9. The molecule has 23 heavy (non-hydrogen) atoms. The van der Waals surface area contributed by atoms with Crippen LogP contribution in [0, 0.1) is 5.92 Å². The predicted octanol–water partition coefficient (Wildman–Crippen LogP) is 2.19. The Hall–Kier alpha value is -2.09. The molecule has 1 aromatic rings. The van der Waals surface area contributed by atoms with E-state index in [1.807, 2.05) is 0 Å². The van der Waals surface area contributed by atoms with Crippen LogP contribution in [0.2, 0.25) is 0 Å². The fourth-order valence-electron chi connectivity index (χ4n) is 2.25. The lowest BCUT2D eigenvalue weighted by Crippen LogP contribution is -2.38. The molecule has 0 spiro atoms. The third kappa shape index (κ3) is 5.24. The van der Waals surface area contributed by atoms with Crippen molar-refractivity contribution in [2.45, 2.75) is 19.0 Å². The van der Waals surface area contributed by atoms with E-state index in [9.17, 15) is 22.8 Å². The molecule has 0 unspecified atom stereocenters. The van der Waals surface area contributed by atoms with E-state index >= 15 is 0 Å². The summed E-state index contributed by atoms with van der Waals surface area (Å²) in [7, 11) is 0. The Labute approximate surface area is 131 Å². The molecule has 0 bridgehead atoms. The molecule has 1 heterocycles. The number of nitrogens with one attached hydrogen (secondary N) is 2. The fraction of sp³-hybridized carbons (Fsp3) is 0.467. The van der Waals surface area contributed by atoms with E-state index in [-0.39, 0.29) is 24.1 Å². The van der Waals surface area contributed by atoms with Crippen LogP contribution in [0.25, 0.3) is 0 Å². The van der Waals surface area contributed by atoms with Gasteiger partial charge in [0.05, 0.1) is 12.1 Å². The van der Waals surface area contributed by atoms with Crippen LogP contribution in [0.15, 0.2) is 24.3 Å². The monoisotopic (exact) mass is 330 g/mol. The standard InChI is InChI=1S/C15H17F3N2O3/c16-15(17,18)11-2-1-3-12(8-11)20-13(21)9-19-14(22)10-4-6-23-7-5-10/h1-3,8,10H,4-7,9H2,(H,19,22)(H,20,21). The Morgan fingerprint density at radius 2 is 1.91 bits per heavy atom. The smallest absolute Gasteiger partial charge is 0.381 e. The molecule has 1 aliphatic heterocycles. The van der Waals surface area contributed by atoms with Crippen molar-refractivity contribution in [3.05, 3.63) is 29.8 Å². The van der Waals surface area contributed by atoms with Crippen LogP contribution in [0.3, 0.4) is 0 Å². The van der Waals surface area contributed by atoms with Crippen molar-refractivity contribution < 1.29 is 27.5 Å². The zero-order chi connectivity index (χ0) is 16.9. The number of halogens is 3. The minimum Gasteiger partial charge on any atom is -0.381 e. The summed E-state index contributed by atoms with van der Waals surface area (Å²) in [6.07, 6.45) is -3.28. The highest BCUT2D eigenvalue weighted by Crippen LogP contribution is 2.30. The van der Waals surface area contributed by atoms with E-state index in [0.717, 1.165) is 12.1 Å². The first-order valence-electron chi connectivity index (χ1n) is 7.19. The summed E-state index contributed by atoms with van der Waals surface area (Å²) in [5.41, 5.74) is -0.813. The number of rotatable bonds is 4. The summed E-state index contributed by atoms with van der Waals surface area (Å²) in [6.45, 7) is 0.732. The highest BCUT2D eigenvalue weighted by atomic mass is 19.4. The molecule has 0 atom stereocenters. The molecule has 2 rings (SSSR count). The maximum atomic E-state index is 12.6. The number of carbonyl (C=O) groups excluding carboxylic acids is 2. The Morgan fingerprint density at radius 1 is 1.22 bits per heavy atom. The number of anilines is 1. The van der Waals surface area contributed by atoms with Gasteiger partial charge in [0, 0.05) is 24.8 Å². The average Bonchev–Trinajstić information content (AvgIpc) is 2.53. The quantitative estimate of drug-likeness (QED) is 0.889. The Morgan fingerprint density at radius 3 is 2.57 bits per heavy atom. The van der Waals surface area contributed by atoms with Gasteiger partial charge in [-0.05, 0) is 31.0 Å². The lowest BCUT2D eigenvalue weighted by molar-refractivity contribution is -0.137. The maximum Gasteiger partial charge on any atom is 0.416 e. The van der Waals surface area contributed by atoms with Gasteiger partial charge < -0.3 is 15.4 Å². The van der Waals surface area contributed by atoms with E-state index < -0.39 is 17.6 Å². The summed E-state index contributed by atoms with van der Waals surface area (Å²) in [4.78, 5) is 23.6. The number of benzene rings is 1. The second kappa shape index (κ2) is 7.45. The van der Waals surface area contributed by atoms with Crippen molar-refractivity contribution >= 4 is 17.5 Å². The molecule has 5 nitrogen and oxygen atoms in total.